The number of benzene rings is 2. The number of rotatable bonds is 5. The Morgan fingerprint density at radius 3 is 2.50 bits per heavy atom. The van der Waals surface area contributed by atoms with E-state index in [4.69, 9.17) is 4.74 Å². The van der Waals surface area contributed by atoms with Crippen LogP contribution in [0.1, 0.15) is 34.9 Å². The van der Waals surface area contributed by atoms with Crippen LogP contribution in [0.3, 0.4) is 0 Å². The molecule has 0 unspecified atom stereocenters. The summed E-state index contributed by atoms with van der Waals surface area (Å²) in [5.41, 5.74) is -1.67. The Morgan fingerprint density at radius 1 is 1.19 bits per heavy atom. The molecule has 0 radical (unpaired) electrons. The monoisotopic (exact) mass is 526 g/mol. The Kier molecular flexibility index (Phi) is 5.77. The maximum Gasteiger partial charge on any atom is 0.416 e. The minimum absolute atomic E-state index is 0.0258. The fourth-order valence-corrected chi connectivity index (χ4v) is 5.51. The Morgan fingerprint density at radius 2 is 1.89 bits per heavy atom. The quantitative estimate of drug-likeness (QED) is 0.435. The highest BCUT2D eigenvalue weighted by Gasteiger charge is 2.49. The lowest BCUT2D eigenvalue weighted by atomic mass is 9.93. The number of aromatic nitrogens is 1. The van der Waals surface area contributed by atoms with Gasteiger partial charge in [0.05, 0.1) is 28.4 Å². The Labute approximate surface area is 205 Å². The first-order valence-corrected chi connectivity index (χ1v) is 11.7. The molecule has 2 aliphatic rings. The third-order valence-corrected chi connectivity index (χ3v) is 7.58. The van der Waals surface area contributed by atoms with Gasteiger partial charge in [-0.3, -0.25) is 4.79 Å². The van der Waals surface area contributed by atoms with Crippen molar-refractivity contribution in [3.63, 3.8) is 0 Å². The topological polar surface area (TPSA) is 92.4 Å². The first-order chi connectivity index (χ1) is 17.0. The molecule has 0 bridgehead atoms. The number of fused-ring (bicyclic) bond motifs is 1. The van der Waals surface area contributed by atoms with Crippen LogP contribution in [-0.2, 0) is 16.5 Å². The van der Waals surface area contributed by atoms with E-state index in [0.29, 0.717) is 28.1 Å². The highest BCUT2D eigenvalue weighted by molar-refractivity contribution is 7.18. The first-order valence-electron chi connectivity index (χ1n) is 10.9. The standard InChI is InChI=1S/C23H19F5N4O3S/c1-35-11-7-13(24)17(14(25)8-11)12-9-29-19(33)18(12)31-21(34)32-22(4-5-22)20-30-15-3-2-10(23(26,27)28)6-16(15)36-20/h2-3,6-8,12,18H,4-5,9H2,1H3,(H,29,33)(H2,31,32,34)/t12-,18-/m0/s1. The zero-order chi connectivity index (χ0) is 25.8. The van der Waals surface area contributed by atoms with Crippen molar-refractivity contribution < 1.29 is 36.3 Å². The van der Waals surface area contributed by atoms with Crippen LogP contribution in [0.2, 0.25) is 0 Å². The summed E-state index contributed by atoms with van der Waals surface area (Å²) in [7, 11) is 1.26. The molecule has 3 N–H and O–H groups in total. The van der Waals surface area contributed by atoms with E-state index in [1.807, 2.05) is 0 Å². The molecule has 7 nitrogen and oxygen atoms in total. The van der Waals surface area contributed by atoms with Crippen molar-refractivity contribution in [2.45, 2.75) is 36.5 Å². The number of urea groups is 1. The van der Waals surface area contributed by atoms with Crippen LogP contribution in [0.25, 0.3) is 10.2 Å². The van der Waals surface area contributed by atoms with Crippen LogP contribution in [0.5, 0.6) is 5.75 Å². The molecule has 13 heteroatoms. The summed E-state index contributed by atoms with van der Waals surface area (Å²) < 4.78 is 73.6. The molecule has 1 saturated heterocycles. The molecule has 1 saturated carbocycles. The number of nitrogens with zero attached hydrogens (tertiary/aromatic N) is 1. The van der Waals surface area contributed by atoms with Crippen LogP contribution in [0.4, 0.5) is 26.7 Å². The second kappa shape index (κ2) is 8.57. The number of hydrogen-bond donors (Lipinski definition) is 3. The summed E-state index contributed by atoms with van der Waals surface area (Å²) in [6, 6.07) is 3.22. The van der Waals surface area contributed by atoms with Crippen molar-refractivity contribution >= 4 is 33.5 Å². The third kappa shape index (κ3) is 4.31. The molecule has 2 atom stereocenters. The minimum Gasteiger partial charge on any atom is -0.497 e. The predicted octanol–water partition coefficient (Wildman–Crippen LogP) is 4.17. The van der Waals surface area contributed by atoms with Gasteiger partial charge in [-0.1, -0.05) is 0 Å². The van der Waals surface area contributed by atoms with E-state index < -0.39 is 52.8 Å². The average Bonchev–Trinajstić information content (AvgIpc) is 3.31. The van der Waals surface area contributed by atoms with Crippen molar-refractivity contribution in [1.29, 1.82) is 0 Å². The normalized spacial score (nSPS) is 20.8. The molecule has 190 valence electrons. The summed E-state index contributed by atoms with van der Waals surface area (Å²) in [5, 5.41) is 8.18. The highest BCUT2D eigenvalue weighted by atomic mass is 32.1. The lowest BCUT2D eigenvalue weighted by Gasteiger charge is -2.22. The zero-order valence-electron chi connectivity index (χ0n) is 18.6. The third-order valence-electron chi connectivity index (χ3n) is 6.35. The molecule has 3 aromatic rings. The summed E-state index contributed by atoms with van der Waals surface area (Å²) in [4.78, 5) is 29.6. The van der Waals surface area contributed by atoms with E-state index in [-0.39, 0.29) is 17.9 Å². The van der Waals surface area contributed by atoms with Gasteiger partial charge in [0.2, 0.25) is 5.91 Å². The van der Waals surface area contributed by atoms with E-state index in [1.165, 1.54) is 13.2 Å². The van der Waals surface area contributed by atoms with Crippen molar-refractivity contribution in [1.82, 2.24) is 20.9 Å². The number of alkyl halides is 3. The van der Waals surface area contributed by atoms with Gasteiger partial charge in [-0.25, -0.2) is 18.6 Å². The van der Waals surface area contributed by atoms with Crippen LogP contribution in [0, 0.1) is 11.6 Å². The van der Waals surface area contributed by atoms with Crippen LogP contribution >= 0.6 is 11.3 Å². The number of methoxy groups -OCH3 is 1. The molecule has 0 spiro atoms. The lowest BCUT2D eigenvalue weighted by molar-refractivity contribution is -0.137. The van der Waals surface area contributed by atoms with Gasteiger partial charge in [-0.2, -0.15) is 13.2 Å². The molecule has 1 aliphatic heterocycles. The van der Waals surface area contributed by atoms with Gasteiger partial charge in [0.1, 0.15) is 28.4 Å². The molecule has 1 aliphatic carbocycles. The molecule has 36 heavy (non-hydrogen) atoms. The van der Waals surface area contributed by atoms with E-state index in [1.54, 1.807) is 0 Å². The molecule has 2 aromatic carbocycles. The second-order valence-corrected chi connectivity index (χ2v) is 9.74. The molecule has 2 fully saturated rings. The predicted molar refractivity (Wildman–Crippen MR) is 120 cm³/mol. The molecular formula is C23H19F5N4O3S. The number of ether oxygens (including phenoxy) is 1. The van der Waals surface area contributed by atoms with Gasteiger partial charge in [0, 0.05) is 30.2 Å². The Bertz CT molecular complexity index is 1350. The van der Waals surface area contributed by atoms with Crippen LogP contribution < -0.4 is 20.7 Å². The number of halogens is 5. The SMILES string of the molecule is COc1cc(F)c([C@@H]2CNC(=O)[C@H]2NC(=O)NC2(c3nc4ccc(C(F)(F)F)cc4s3)CC2)c(F)c1. The summed E-state index contributed by atoms with van der Waals surface area (Å²) >= 11 is 1.04. The molecule has 5 rings (SSSR count). The second-order valence-electron chi connectivity index (χ2n) is 8.71. The van der Waals surface area contributed by atoms with Gasteiger partial charge in [0.15, 0.2) is 0 Å². The van der Waals surface area contributed by atoms with E-state index in [0.717, 1.165) is 35.6 Å². The van der Waals surface area contributed by atoms with Crippen molar-refractivity contribution in [2.24, 2.45) is 0 Å². The summed E-state index contributed by atoms with van der Waals surface area (Å²) in [6.07, 6.45) is -3.50. The number of amides is 3. The molecule has 2 heterocycles. The molecule has 1 aromatic heterocycles. The average molecular weight is 526 g/mol. The zero-order valence-corrected chi connectivity index (χ0v) is 19.4. The maximum absolute atomic E-state index is 14.6. The molecular weight excluding hydrogens is 507 g/mol. The van der Waals surface area contributed by atoms with Gasteiger partial charge in [0.25, 0.3) is 0 Å². The van der Waals surface area contributed by atoms with E-state index in [9.17, 15) is 31.5 Å². The fourth-order valence-electron chi connectivity index (χ4n) is 4.31. The first kappa shape index (κ1) is 24.2. The van der Waals surface area contributed by atoms with Gasteiger partial charge in [-0.15, -0.1) is 11.3 Å². The van der Waals surface area contributed by atoms with Gasteiger partial charge < -0.3 is 20.7 Å². The Hall–Kier alpha value is -3.48. The lowest BCUT2D eigenvalue weighted by Crippen LogP contribution is -2.50. The van der Waals surface area contributed by atoms with Crippen molar-refractivity contribution in [3.8, 4) is 5.75 Å². The van der Waals surface area contributed by atoms with Crippen molar-refractivity contribution in [3.05, 3.63) is 58.1 Å². The van der Waals surface area contributed by atoms with Crippen molar-refractivity contribution in [2.75, 3.05) is 13.7 Å². The number of hydrogen-bond acceptors (Lipinski definition) is 5. The van der Waals surface area contributed by atoms with Gasteiger partial charge in [-0.05, 0) is 31.0 Å². The van der Waals surface area contributed by atoms with Crippen LogP contribution in [-0.4, -0.2) is 36.6 Å². The van der Waals surface area contributed by atoms with Crippen LogP contribution in [0.15, 0.2) is 30.3 Å². The molecule has 3 amide bonds. The minimum atomic E-state index is -4.49. The summed E-state index contributed by atoms with van der Waals surface area (Å²) in [6.45, 7) is -0.0888. The highest BCUT2D eigenvalue weighted by Crippen LogP contribution is 2.48. The summed E-state index contributed by atoms with van der Waals surface area (Å²) in [5.74, 6) is -3.46. The smallest absolute Gasteiger partial charge is 0.416 e. The number of carbonyl (C=O) groups excluding carboxylic acids is 2. The fraction of sp³-hybridized carbons (Fsp3) is 0.348. The largest absolute Gasteiger partial charge is 0.497 e. The van der Waals surface area contributed by atoms with Gasteiger partial charge >= 0.3 is 12.2 Å². The number of carbonyl (C=O) groups is 2. The number of nitrogens with one attached hydrogen (secondary N) is 3. The van der Waals surface area contributed by atoms with E-state index >= 15 is 0 Å². The Balaban J connectivity index is 1.34. The van der Waals surface area contributed by atoms with E-state index in [2.05, 4.69) is 20.9 Å². The number of thiazole rings is 1. The maximum atomic E-state index is 14.6.